The molecular formula is C33H32N4O4S. The normalized spacial score (nSPS) is 10.9. The quantitative estimate of drug-likeness (QED) is 0.199. The standard InChI is InChI=1S/C33H32N4O4S/c1-3-27-20-26(22-42-27)31(38)37(19-9-12-23-10-5-4-6-11-23)33(40)36(2)21-24-15-17-25(18-16-24)28-13-7-8-14-29(28)30-34-32(39)41-35-30/h4-8,10-11,13-18,20,22H,3,9,12,19,21H2,1-2H3,(H,34,35,39). The van der Waals surface area contributed by atoms with Crippen LogP contribution in [0.3, 0.4) is 0 Å². The lowest BCUT2D eigenvalue weighted by molar-refractivity contribution is 0.0764. The molecule has 0 radical (unpaired) electrons. The number of nitrogens with one attached hydrogen (secondary N) is 1. The number of aryl methyl sites for hydroxylation is 2. The summed E-state index contributed by atoms with van der Waals surface area (Å²) in [6.07, 6.45) is 2.29. The second-order valence-corrected chi connectivity index (χ2v) is 11.0. The number of hydrogen-bond donors (Lipinski definition) is 1. The average molecular weight is 581 g/mol. The minimum absolute atomic E-state index is 0.270. The molecule has 0 saturated carbocycles. The Labute approximate surface area is 248 Å². The zero-order valence-electron chi connectivity index (χ0n) is 23.6. The number of H-pyrrole nitrogens is 1. The van der Waals surface area contributed by atoms with Crippen LogP contribution < -0.4 is 5.76 Å². The molecule has 0 atom stereocenters. The molecule has 9 heteroatoms. The van der Waals surface area contributed by atoms with E-state index in [0.29, 0.717) is 30.9 Å². The van der Waals surface area contributed by atoms with Gasteiger partial charge in [-0.3, -0.25) is 19.2 Å². The van der Waals surface area contributed by atoms with E-state index in [2.05, 4.69) is 33.7 Å². The number of aromatic nitrogens is 2. The molecule has 0 aliphatic carbocycles. The van der Waals surface area contributed by atoms with E-state index < -0.39 is 5.76 Å². The van der Waals surface area contributed by atoms with Crippen LogP contribution in [0.4, 0.5) is 4.79 Å². The van der Waals surface area contributed by atoms with Crippen LogP contribution in [0.2, 0.25) is 0 Å². The summed E-state index contributed by atoms with van der Waals surface area (Å²) in [6.45, 7) is 2.72. The van der Waals surface area contributed by atoms with Gasteiger partial charge in [0.05, 0.1) is 5.56 Å². The molecule has 0 saturated heterocycles. The van der Waals surface area contributed by atoms with Crippen LogP contribution in [-0.4, -0.2) is 45.5 Å². The van der Waals surface area contributed by atoms with Gasteiger partial charge in [-0.2, -0.15) is 0 Å². The number of nitrogens with zero attached hydrogens (tertiary/aromatic N) is 3. The second kappa shape index (κ2) is 13.3. The van der Waals surface area contributed by atoms with Crippen LogP contribution in [-0.2, 0) is 19.4 Å². The first-order chi connectivity index (χ1) is 20.4. The molecule has 3 amide bonds. The molecule has 0 fully saturated rings. The topological polar surface area (TPSA) is 99.5 Å². The summed E-state index contributed by atoms with van der Waals surface area (Å²) in [5.41, 5.74) is 5.19. The summed E-state index contributed by atoms with van der Waals surface area (Å²) >= 11 is 1.54. The third kappa shape index (κ3) is 6.75. The number of imide groups is 1. The number of carbonyl (C=O) groups is 2. The number of urea groups is 1. The molecule has 0 bridgehead atoms. The van der Waals surface area contributed by atoms with Gasteiger partial charge in [-0.1, -0.05) is 90.9 Å². The Morgan fingerprint density at radius 1 is 0.929 bits per heavy atom. The van der Waals surface area contributed by atoms with Crippen molar-refractivity contribution in [1.82, 2.24) is 19.9 Å². The third-order valence-electron chi connectivity index (χ3n) is 7.05. The molecule has 8 nitrogen and oxygen atoms in total. The first kappa shape index (κ1) is 28.8. The van der Waals surface area contributed by atoms with Crippen molar-refractivity contribution in [2.45, 2.75) is 32.7 Å². The van der Waals surface area contributed by atoms with Gasteiger partial charge < -0.3 is 4.90 Å². The summed E-state index contributed by atoms with van der Waals surface area (Å²) in [7, 11) is 1.72. The monoisotopic (exact) mass is 580 g/mol. The first-order valence-electron chi connectivity index (χ1n) is 13.9. The van der Waals surface area contributed by atoms with Gasteiger partial charge >= 0.3 is 11.8 Å². The van der Waals surface area contributed by atoms with Gasteiger partial charge in [0.2, 0.25) is 0 Å². The van der Waals surface area contributed by atoms with E-state index in [0.717, 1.165) is 40.0 Å². The number of hydrogen-bond acceptors (Lipinski definition) is 6. The van der Waals surface area contributed by atoms with Gasteiger partial charge in [-0.05, 0) is 47.6 Å². The Balaban J connectivity index is 1.30. The molecule has 214 valence electrons. The Hall–Kier alpha value is -4.76. The highest BCUT2D eigenvalue weighted by Crippen LogP contribution is 2.30. The molecule has 2 aromatic heterocycles. The molecule has 0 spiro atoms. The van der Waals surface area contributed by atoms with E-state index in [-0.39, 0.29) is 11.9 Å². The summed E-state index contributed by atoms with van der Waals surface area (Å²) in [5, 5.41) is 5.66. The fourth-order valence-corrected chi connectivity index (χ4v) is 5.64. The number of amides is 3. The maximum atomic E-state index is 13.7. The highest BCUT2D eigenvalue weighted by molar-refractivity contribution is 7.10. The van der Waals surface area contributed by atoms with E-state index in [1.807, 2.05) is 78.2 Å². The predicted molar refractivity (Wildman–Crippen MR) is 164 cm³/mol. The van der Waals surface area contributed by atoms with Gasteiger partial charge in [-0.15, -0.1) is 11.3 Å². The molecule has 0 unspecified atom stereocenters. The van der Waals surface area contributed by atoms with Crippen LogP contribution >= 0.6 is 11.3 Å². The summed E-state index contributed by atoms with van der Waals surface area (Å²) in [6, 6.07) is 27.1. The maximum Gasteiger partial charge on any atom is 0.439 e. The average Bonchev–Trinajstić information content (AvgIpc) is 3.69. The number of aromatic amines is 1. The van der Waals surface area contributed by atoms with Gasteiger partial charge in [0, 0.05) is 36.0 Å². The van der Waals surface area contributed by atoms with Crippen molar-refractivity contribution in [1.29, 1.82) is 0 Å². The predicted octanol–water partition coefficient (Wildman–Crippen LogP) is 6.65. The van der Waals surface area contributed by atoms with Crippen LogP contribution in [0, 0.1) is 0 Å². The SMILES string of the molecule is CCc1cc(C(=O)N(CCCc2ccccc2)C(=O)N(C)Cc2ccc(-c3ccccc3-c3noc(=O)[nH]3)cc2)cs1. The summed E-state index contributed by atoms with van der Waals surface area (Å²) in [5.74, 6) is -0.521. The van der Waals surface area contributed by atoms with E-state index in [1.54, 1.807) is 11.9 Å². The number of benzene rings is 3. The summed E-state index contributed by atoms with van der Waals surface area (Å²) < 4.78 is 4.69. The number of rotatable bonds is 10. The Bertz CT molecular complexity index is 1710. The van der Waals surface area contributed by atoms with Gasteiger partial charge in [0.15, 0.2) is 5.82 Å². The minimum atomic E-state index is -0.611. The molecule has 0 aliphatic heterocycles. The van der Waals surface area contributed by atoms with E-state index >= 15 is 0 Å². The lowest BCUT2D eigenvalue weighted by atomic mass is 9.98. The van der Waals surface area contributed by atoms with Crippen molar-refractivity contribution in [2.24, 2.45) is 0 Å². The van der Waals surface area contributed by atoms with Crippen LogP contribution in [0.15, 0.2) is 99.6 Å². The third-order valence-corrected chi connectivity index (χ3v) is 8.13. The maximum absolute atomic E-state index is 13.7. The highest BCUT2D eigenvalue weighted by Gasteiger charge is 2.26. The smallest absolute Gasteiger partial charge is 0.323 e. The number of carbonyl (C=O) groups excluding carboxylic acids is 2. The van der Waals surface area contributed by atoms with Gasteiger partial charge in [0.25, 0.3) is 5.91 Å². The van der Waals surface area contributed by atoms with Crippen molar-refractivity contribution in [2.75, 3.05) is 13.6 Å². The fraction of sp³-hybridized carbons (Fsp3) is 0.212. The van der Waals surface area contributed by atoms with Gasteiger partial charge in [-0.25, -0.2) is 9.59 Å². The fourth-order valence-electron chi connectivity index (χ4n) is 4.83. The van der Waals surface area contributed by atoms with Crippen molar-refractivity contribution in [3.05, 3.63) is 122 Å². The Kier molecular flexibility index (Phi) is 9.08. The van der Waals surface area contributed by atoms with Crippen LogP contribution in [0.5, 0.6) is 0 Å². The van der Waals surface area contributed by atoms with Crippen LogP contribution in [0.25, 0.3) is 22.5 Å². The lowest BCUT2D eigenvalue weighted by Crippen LogP contribution is -2.45. The van der Waals surface area contributed by atoms with Gasteiger partial charge in [0.1, 0.15) is 0 Å². The Morgan fingerprint density at radius 2 is 1.64 bits per heavy atom. The van der Waals surface area contributed by atoms with E-state index in [9.17, 15) is 14.4 Å². The highest BCUT2D eigenvalue weighted by atomic mass is 32.1. The minimum Gasteiger partial charge on any atom is -0.323 e. The number of thiophene rings is 1. The largest absolute Gasteiger partial charge is 0.439 e. The molecule has 5 rings (SSSR count). The molecule has 5 aromatic rings. The molecule has 3 aromatic carbocycles. The van der Waals surface area contributed by atoms with Crippen LogP contribution in [0.1, 0.15) is 39.7 Å². The molecule has 1 N–H and O–H groups in total. The van der Waals surface area contributed by atoms with Crippen molar-refractivity contribution in [3.63, 3.8) is 0 Å². The van der Waals surface area contributed by atoms with Crippen molar-refractivity contribution in [3.8, 4) is 22.5 Å². The van der Waals surface area contributed by atoms with E-state index in [4.69, 9.17) is 0 Å². The van der Waals surface area contributed by atoms with Crippen molar-refractivity contribution >= 4 is 23.3 Å². The summed E-state index contributed by atoms with van der Waals surface area (Å²) in [4.78, 5) is 45.3. The molecule has 0 aliphatic rings. The molecule has 42 heavy (non-hydrogen) atoms. The van der Waals surface area contributed by atoms with E-state index in [1.165, 1.54) is 21.8 Å². The Morgan fingerprint density at radius 3 is 2.31 bits per heavy atom. The lowest BCUT2D eigenvalue weighted by Gasteiger charge is -2.27. The molecule has 2 heterocycles. The van der Waals surface area contributed by atoms with Crippen molar-refractivity contribution < 1.29 is 14.1 Å². The molecular weight excluding hydrogens is 548 g/mol. The zero-order valence-corrected chi connectivity index (χ0v) is 24.4. The first-order valence-corrected chi connectivity index (χ1v) is 14.7. The second-order valence-electron chi connectivity index (χ2n) is 10.0. The zero-order chi connectivity index (χ0) is 29.5.